The highest BCUT2D eigenvalue weighted by Crippen LogP contribution is 2.33. The van der Waals surface area contributed by atoms with Crippen LogP contribution in [0, 0.1) is 5.82 Å². The summed E-state index contributed by atoms with van der Waals surface area (Å²) in [6.07, 6.45) is 1.21. The number of fused-ring (bicyclic) bond motifs is 1. The molecule has 0 spiro atoms. The molecule has 0 aliphatic carbocycles. The number of carbonyl (C=O) groups excluding carboxylic acids is 1. The normalized spacial score (nSPS) is 11.3. The van der Waals surface area contributed by atoms with E-state index in [1.165, 1.54) is 68.9 Å². The van der Waals surface area contributed by atoms with Crippen molar-refractivity contribution in [2.24, 2.45) is 0 Å². The molecule has 0 saturated heterocycles. The number of ketones is 1. The lowest BCUT2D eigenvalue weighted by atomic mass is 10.0. The maximum Gasteiger partial charge on any atom is 0.208 e. The van der Waals surface area contributed by atoms with E-state index in [0.717, 1.165) is 6.07 Å². The van der Waals surface area contributed by atoms with Crippen LogP contribution in [0.1, 0.15) is 15.9 Å². The predicted octanol–water partition coefficient (Wildman–Crippen LogP) is 4.45. The molecule has 1 aromatic heterocycles. The quantitative estimate of drug-likeness (QED) is 0.403. The molecule has 0 aliphatic heterocycles. The number of halogens is 1. The van der Waals surface area contributed by atoms with E-state index < -0.39 is 21.4 Å². The van der Waals surface area contributed by atoms with Crippen molar-refractivity contribution in [1.29, 1.82) is 0 Å². The van der Waals surface area contributed by atoms with Crippen LogP contribution in [0.4, 0.5) is 4.39 Å². The van der Waals surface area contributed by atoms with Gasteiger partial charge in [0, 0.05) is 17.1 Å². The van der Waals surface area contributed by atoms with Crippen LogP contribution in [0.2, 0.25) is 0 Å². The van der Waals surface area contributed by atoms with E-state index in [1.54, 1.807) is 12.1 Å². The molecule has 0 radical (unpaired) electrons. The Morgan fingerprint density at radius 1 is 0.875 bits per heavy atom. The largest absolute Gasteiger partial charge is 0.497 e. The maximum atomic E-state index is 14.1. The number of pyridine rings is 1. The van der Waals surface area contributed by atoms with Gasteiger partial charge >= 0.3 is 0 Å². The van der Waals surface area contributed by atoms with E-state index >= 15 is 0 Å². The smallest absolute Gasteiger partial charge is 0.208 e. The third-order valence-electron chi connectivity index (χ3n) is 5.02. The van der Waals surface area contributed by atoms with E-state index in [1.807, 2.05) is 0 Å². The third kappa shape index (κ3) is 3.80. The van der Waals surface area contributed by atoms with Crippen molar-refractivity contribution in [1.82, 2.24) is 4.98 Å². The number of rotatable bonds is 6. The molecule has 1 heterocycles. The second-order valence-corrected chi connectivity index (χ2v) is 8.79. The summed E-state index contributed by atoms with van der Waals surface area (Å²) in [4.78, 5) is 17.2. The lowest BCUT2D eigenvalue weighted by molar-refractivity contribution is 0.103. The Hall–Kier alpha value is -3.78. The molecule has 0 aliphatic rings. The van der Waals surface area contributed by atoms with Gasteiger partial charge < -0.3 is 9.47 Å². The summed E-state index contributed by atoms with van der Waals surface area (Å²) in [5.41, 5.74) is 0.350. The molecule has 0 N–H and O–H groups in total. The molecule has 0 fully saturated rings. The lowest BCUT2D eigenvalue weighted by Gasteiger charge is -2.14. The van der Waals surface area contributed by atoms with Gasteiger partial charge in [0.05, 0.1) is 35.1 Å². The number of sulfone groups is 1. The van der Waals surface area contributed by atoms with E-state index in [2.05, 4.69) is 4.98 Å². The van der Waals surface area contributed by atoms with E-state index in [0.29, 0.717) is 11.5 Å². The lowest BCUT2D eigenvalue weighted by Crippen LogP contribution is -2.13. The summed E-state index contributed by atoms with van der Waals surface area (Å²) < 4.78 is 51.6. The first-order chi connectivity index (χ1) is 15.3. The number of benzene rings is 3. The highest BCUT2D eigenvalue weighted by Gasteiger charge is 2.29. The summed E-state index contributed by atoms with van der Waals surface area (Å²) in [6, 6.07) is 15.6. The maximum absolute atomic E-state index is 14.1. The molecular formula is C24H18FNO5S. The SMILES string of the molecule is COc1ccc(C(=O)c2cnc3ccc(F)cc3c2S(=O)(=O)c2ccc(OC)cc2)cc1. The minimum Gasteiger partial charge on any atom is -0.497 e. The second-order valence-electron chi connectivity index (χ2n) is 6.90. The van der Waals surface area contributed by atoms with Gasteiger partial charge in [-0.3, -0.25) is 9.78 Å². The molecule has 3 aromatic carbocycles. The van der Waals surface area contributed by atoms with Crippen LogP contribution >= 0.6 is 0 Å². The van der Waals surface area contributed by atoms with Gasteiger partial charge in [-0.15, -0.1) is 0 Å². The number of hydrogen-bond acceptors (Lipinski definition) is 6. The third-order valence-corrected chi connectivity index (χ3v) is 6.89. The van der Waals surface area contributed by atoms with Gasteiger partial charge in [-0.1, -0.05) is 0 Å². The van der Waals surface area contributed by atoms with Gasteiger partial charge in [0.2, 0.25) is 9.84 Å². The van der Waals surface area contributed by atoms with Gasteiger partial charge in [0.15, 0.2) is 5.78 Å². The van der Waals surface area contributed by atoms with Crippen LogP contribution < -0.4 is 9.47 Å². The van der Waals surface area contributed by atoms with Crippen LogP contribution in [0.5, 0.6) is 11.5 Å². The summed E-state index contributed by atoms with van der Waals surface area (Å²) in [7, 11) is -1.25. The summed E-state index contributed by atoms with van der Waals surface area (Å²) in [6.45, 7) is 0. The molecule has 0 amide bonds. The Bertz CT molecular complexity index is 1420. The number of nitrogens with zero attached hydrogens (tertiary/aromatic N) is 1. The molecule has 0 saturated carbocycles. The van der Waals surface area contributed by atoms with Gasteiger partial charge in [0.25, 0.3) is 0 Å². The fourth-order valence-electron chi connectivity index (χ4n) is 3.36. The van der Waals surface area contributed by atoms with Gasteiger partial charge in [-0.05, 0) is 66.7 Å². The molecule has 0 bridgehead atoms. The highest BCUT2D eigenvalue weighted by molar-refractivity contribution is 7.91. The Balaban J connectivity index is 1.97. The molecule has 4 rings (SSSR count). The van der Waals surface area contributed by atoms with Crippen LogP contribution in [-0.4, -0.2) is 33.4 Å². The first-order valence-corrected chi connectivity index (χ1v) is 11.0. The van der Waals surface area contributed by atoms with E-state index in [9.17, 15) is 17.6 Å². The van der Waals surface area contributed by atoms with Crippen molar-refractivity contribution < 1.29 is 27.1 Å². The molecule has 4 aromatic rings. The van der Waals surface area contributed by atoms with Crippen LogP contribution in [0.25, 0.3) is 10.9 Å². The number of hydrogen-bond donors (Lipinski definition) is 0. The van der Waals surface area contributed by atoms with E-state index in [-0.39, 0.29) is 31.8 Å². The molecule has 162 valence electrons. The van der Waals surface area contributed by atoms with Crippen molar-refractivity contribution >= 4 is 26.5 Å². The molecule has 32 heavy (non-hydrogen) atoms. The minimum atomic E-state index is -4.21. The molecular weight excluding hydrogens is 433 g/mol. The van der Waals surface area contributed by atoms with Gasteiger partial charge in [-0.25, -0.2) is 12.8 Å². The molecule has 0 unspecified atom stereocenters. The van der Waals surface area contributed by atoms with Crippen molar-refractivity contribution in [3.63, 3.8) is 0 Å². The monoisotopic (exact) mass is 451 g/mol. The van der Waals surface area contributed by atoms with Crippen LogP contribution in [0.15, 0.2) is 82.7 Å². The van der Waals surface area contributed by atoms with Crippen molar-refractivity contribution in [3.8, 4) is 11.5 Å². The zero-order valence-electron chi connectivity index (χ0n) is 17.2. The second kappa shape index (κ2) is 8.39. The Morgan fingerprint density at radius 2 is 1.47 bits per heavy atom. The van der Waals surface area contributed by atoms with Crippen LogP contribution in [-0.2, 0) is 9.84 Å². The number of ether oxygens (including phenoxy) is 2. The van der Waals surface area contributed by atoms with Gasteiger partial charge in [0.1, 0.15) is 17.3 Å². The fourth-order valence-corrected chi connectivity index (χ4v) is 4.98. The number of aromatic nitrogens is 1. The highest BCUT2D eigenvalue weighted by atomic mass is 32.2. The standard InChI is InChI=1S/C24H18FNO5S/c1-30-17-6-3-15(4-7-17)23(27)21-14-26-22-12-5-16(25)13-20(22)24(21)32(28,29)19-10-8-18(31-2)9-11-19/h3-14H,1-2H3. The summed E-state index contributed by atoms with van der Waals surface area (Å²) in [5.74, 6) is -0.173. The Labute approximate surface area is 184 Å². The Morgan fingerprint density at radius 3 is 2.06 bits per heavy atom. The van der Waals surface area contributed by atoms with Crippen LogP contribution in [0.3, 0.4) is 0 Å². The van der Waals surface area contributed by atoms with E-state index in [4.69, 9.17) is 9.47 Å². The first kappa shape index (κ1) is 21.5. The molecule has 0 atom stereocenters. The average molecular weight is 451 g/mol. The Kier molecular flexibility index (Phi) is 5.63. The minimum absolute atomic E-state index is 0.0279. The fraction of sp³-hybridized carbons (Fsp3) is 0.0833. The number of carbonyl (C=O) groups is 1. The molecule has 6 nitrogen and oxygen atoms in total. The first-order valence-electron chi connectivity index (χ1n) is 9.51. The zero-order valence-corrected chi connectivity index (χ0v) is 18.0. The molecule has 8 heteroatoms. The van der Waals surface area contributed by atoms with Crippen molar-refractivity contribution in [2.75, 3.05) is 14.2 Å². The zero-order chi connectivity index (χ0) is 22.9. The summed E-state index contributed by atoms with van der Waals surface area (Å²) >= 11 is 0. The topological polar surface area (TPSA) is 82.6 Å². The van der Waals surface area contributed by atoms with Gasteiger partial charge in [-0.2, -0.15) is 0 Å². The number of methoxy groups -OCH3 is 2. The van der Waals surface area contributed by atoms with Crippen molar-refractivity contribution in [3.05, 3.63) is 89.9 Å². The summed E-state index contributed by atoms with van der Waals surface area (Å²) in [5, 5.41) is 0.0279. The van der Waals surface area contributed by atoms with Crippen molar-refractivity contribution in [2.45, 2.75) is 9.79 Å². The predicted molar refractivity (Wildman–Crippen MR) is 117 cm³/mol. The average Bonchev–Trinajstić information content (AvgIpc) is 2.82.